The summed E-state index contributed by atoms with van der Waals surface area (Å²) in [6.07, 6.45) is 6.69. The average Bonchev–Trinajstić information content (AvgIpc) is 3.34. The molecule has 9 heteroatoms. The highest BCUT2D eigenvalue weighted by Gasteiger charge is 2.34. The van der Waals surface area contributed by atoms with E-state index in [2.05, 4.69) is 15.0 Å². The van der Waals surface area contributed by atoms with Crippen molar-refractivity contribution in [1.29, 1.82) is 0 Å². The largest absolute Gasteiger partial charge is 0.508 e. The number of aromatic hydroxyl groups is 1. The zero-order valence-electron chi connectivity index (χ0n) is 16.6. The van der Waals surface area contributed by atoms with Gasteiger partial charge < -0.3 is 9.84 Å². The van der Waals surface area contributed by atoms with Crippen LogP contribution in [0.25, 0.3) is 5.95 Å². The van der Waals surface area contributed by atoms with Crippen LogP contribution in [0.15, 0.2) is 73.4 Å². The number of urea groups is 1. The third-order valence-corrected chi connectivity index (χ3v) is 5.02. The molecule has 0 saturated heterocycles. The summed E-state index contributed by atoms with van der Waals surface area (Å²) in [5.74, 6) is 1.71. The Hall–Kier alpha value is -4.40. The van der Waals surface area contributed by atoms with E-state index in [1.165, 1.54) is 17.0 Å². The van der Waals surface area contributed by atoms with Crippen LogP contribution in [0, 0.1) is 0 Å². The number of aromatic nitrogens is 4. The maximum absolute atomic E-state index is 13.6. The van der Waals surface area contributed by atoms with E-state index in [-0.39, 0.29) is 11.8 Å². The van der Waals surface area contributed by atoms with Crippen molar-refractivity contribution in [3.8, 4) is 17.4 Å². The van der Waals surface area contributed by atoms with Gasteiger partial charge in [0.05, 0.1) is 19.3 Å². The van der Waals surface area contributed by atoms with E-state index in [0.717, 1.165) is 11.3 Å². The number of carbonyl (C=O) groups is 1. The number of ether oxygens (including phenoxy) is 1. The third kappa shape index (κ3) is 3.31. The van der Waals surface area contributed by atoms with Gasteiger partial charge >= 0.3 is 6.03 Å². The first-order valence-corrected chi connectivity index (χ1v) is 9.53. The molecule has 0 fully saturated rings. The molecule has 4 aromatic rings. The second-order valence-corrected chi connectivity index (χ2v) is 6.91. The van der Waals surface area contributed by atoms with Gasteiger partial charge in [0.15, 0.2) is 5.82 Å². The molecule has 2 amide bonds. The molecular weight excluding hydrogens is 396 g/mol. The zero-order valence-corrected chi connectivity index (χ0v) is 16.6. The molecule has 154 valence electrons. The molecule has 0 radical (unpaired) electrons. The number of amides is 2. The van der Waals surface area contributed by atoms with Crippen LogP contribution < -0.4 is 14.5 Å². The number of nitrogens with zero attached hydrogens (tertiary/aromatic N) is 6. The van der Waals surface area contributed by atoms with Crippen LogP contribution in [0.5, 0.6) is 11.5 Å². The number of phenolic OH excluding ortho intramolecular Hbond substituents is 1. The Balaban J connectivity index is 1.63. The molecular formula is C22H18N6O3. The van der Waals surface area contributed by atoms with Crippen LogP contribution in [0.1, 0.15) is 5.56 Å². The van der Waals surface area contributed by atoms with Gasteiger partial charge in [0.2, 0.25) is 5.95 Å². The Kier molecular flexibility index (Phi) is 4.47. The summed E-state index contributed by atoms with van der Waals surface area (Å²) in [6.45, 7) is 0.319. The Morgan fingerprint density at radius 1 is 1.03 bits per heavy atom. The van der Waals surface area contributed by atoms with Crippen molar-refractivity contribution in [2.24, 2.45) is 0 Å². The molecule has 0 saturated carbocycles. The summed E-state index contributed by atoms with van der Waals surface area (Å²) >= 11 is 0. The van der Waals surface area contributed by atoms with Gasteiger partial charge in [-0.2, -0.15) is 4.98 Å². The van der Waals surface area contributed by atoms with Crippen LogP contribution >= 0.6 is 0 Å². The zero-order chi connectivity index (χ0) is 21.4. The first-order chi connectivity index (χ1) is 15.1. The molecule has 0 unspecified atom stereocenters. The van der Waals surface area contributed by atoms with Gasteiger partial charge in [-0.3, -0.25) is 9.47 Å². The summed E-state index contributed by atoms with van der Waals surface area (Å²) in [7, 11) is 1.60. The Morgan fingerprint density at radius 2 is 1.77 bits per heavy atom. The van der Waals surface area contributed by atoms with Crippen molar-refractivity contribution in [2.75, 3.05) is 16.9 Å². The second-order valence-electron chi connectivity index (χ2n) is 6.91. The predicted octanol–water partition coefficient (Wildman–Crippen LogP) is 3.65. The fourth-order valence-corrected chi connectivity index (χ4v) is 3.44. The Bertz CT molecular complexity index is 1220. The van der Waals surface area contributed by atoms with Crippen LogP contribution in [-0.2, 0) is 6.54 Å². The summed E-state index contributed by atoms with van der Waals surface area (Å²) < 4.78 is 6.90. The molecule has 3 heterocycles. The summed E-state index contributed by atoms with van der Waals surface area (Å²) in [5.41, 5.74) is 2.09. The maximum Gasteiger partial charge on any atom is 0.335 e. The van der Waals surface area contributed by atoms with E-state index >= 15 is 0 Å². The quantitative estimate of drug-likeness (QED) is 0.548. The second kappa shape index (κ2) is 7.45. The number of rotatable bonds is 4. The maximum atomic E-state index is 13.6. The van der Waals surface area contributed by atoms with E-state index in [0.29, 0.717) is 29.7 Å². The molecule has 1 N–H and O–H groups in total. The fraction of sp³-hybridized carbons (Fsp3) is 0.0909. The highest BCUT2D eigenvalue weighted by molar-refractivity contribution is 6.10. The van der Waals surface area contributed by atoms with E-state index < -0.39 is 0 Å². The topological polar surface area (TPSA) is 96.6 Å². The molecule has 0 atom stereocenters. The summed E-state index contributed by atoms with van der Waals surface area (Å²) in [4.78, 5) is 29.9. The van der Waals surface area contributed by atoms with Crippen LogP contribution in [0.3, 0.4) is 0 Å². The fourth-order valence-electron chi connectivity index (χ4n) is 3.44. The smallest absolute Gasteiger partial charge is 0.335 e. The normalized spacial score (nSPS) is 13.3. The predicted molar refractivity (Wildman–Crippen MR) is 114 cm³/mol. The van der Waals surface area contributed by atoms with Gasteiger partial charge in [-0.15, -0.1) is 0 Å². The minimum absolute atomic E-state index is 0.113. The number of hydrogen-bond donors (Lipinski definition) is 1. The van der Waals surface area contributed by atoms with Gasteiger partial charge in [0.25, 0.3) is 0 Å². The van der Waals surface area contributed by atoms with Gasteiger partial charge in [-0.25, -0.2) is 19.7 Å². The van der Waals surface area contributed by atoms with Gasteiger partial charge in [0.1, 0.15) is 17.8 Å². The summed E-state index contributed by atoms with van der Waals surface area (Å²) in [6, 6.07) is 13.4. The minimum atomic E-state index is -0.265. The third-order valence-electron chi connectivity index (χ3n) is 5.02. The standard InChI is InChI=1S/C22H18N6O3/c1-31-19-8-4-16(5-9-19)27-13-15-12-24-21(26-11-10-23-14-26)25-20(15)28(22(27)30)17-2-6-18(29)7-3-17/h2-12,14,29H,13H2,1H3. The molecule has 1 aliphatic heterocycles. The molecule has 0 spiro atoms. The Morgan fingerprint density at radius 3 is 2.45 bits per heavy atom. The Labute approximate surface area is 177 Å². The van der Waals surface area contributed by atoms with Crippen molar-refractivity contribution >= 4 is 23.2 Å². The number of methoxy groups -OCH3 is 1. The molecule has 9 nitrogen and oxygen atoms in total. The number of phenols is 1. The first-order valence-electron chi connectivity index (χ1n) is 9.53. The molecule has 0 aliphatic carbocycles. The lowest BCUT2D eigenvalue weighted by Gasteiger charge is -2.36. The minimum Gasteiger partial charge on any atom is -0.508 e. The van der Waals surface area contributed by atoms with Crippen molar-refractivity contribution in [2.45, 2.75) is 6.54 Å². The lowest BCUT2D eigenvalue weighted by molar-refractivity contribution is 0.252. The molecule has 31 heavy (non-hydrogen) atoms. The van der Waals surface area contributed by atoms with Gasteiger partial charge in [-0.1, -0.05) is 0 Å². The van der Waals surface area contributed by atoms with Crippen LogP contribution in [-0.4, -0.2) is 37.8 Å². The molecule has 2 aromatic heterocycles. The van der Waals surface area contributed by atoms with Gasteiger partial charge in [-0.05, 0) is 48.5 Å². The number of hydrogen-bond acceptors (Lipinski definition) is 6. The van der Waals surface area contributed by atoms with Crippen molar-refractivity contribution in [3.05, 3.63) is 79.0 Å². The van der Waals surface area contributed by atoms with Crippen molar-refractivity contribution in [3.63, 3.8) is 0 Å². The number of fused-ring (bicyclic) bond motifs is 1. The van der Waals surface area contributed by atoms with Gasteiger partial charge in [0, 0.05) is 29.8 Å². The molecule has 1 aliphatic rings. The van der Waals surface area contributed by atoms with Crippen LogP contribution in [0.2, 0.25) is 0 Å². The van der Waals surface area contributed by atoms with E-state index in [4.69, 9.17) is 4.74 Å². The lowest BCUT2D eigenvalue weighted by Crippen LogP contribution is -2.45. The number of imidazole rings is 1. The van der Waals surface area contributed by atoms with E-state index in [9.17, 15) is 9.90 Å². The highest BCUT2D eigenvalue weighted by Crippen LogP contribution is 2.36. The number of anilines is 3. The SMILES string of the molecule is COc1ccc(N2Cc3cnc(-n4ccnc4)nc3N(c3ccc(O)cc3)C2=O)cc1. The highest BCUT2D eigenvalue weighted by atomic mass is 16.5. The van der Waals surface area contributed by atoms with Crippen molar-refractivity contribution < 1.29 is 14.6 Å². The number of carbonyl (C=O) groups excluding carboxylic acids is 1. The number of benzene rings is 2. The molecule has 2 aromatic carbocycles. The average molecular weight is 414 g/mol. The van der Waals surface area contributed by atoms with Crippen LogP contribution in [0.4, 0.5) is 22.0 Å². The van der Waals surface area contributed by atoms with E-state index in [1.807, 2.05) is 24.3 Å². The first kappa shape index (κ1) is 18.6. The van der Waals surface area contributed by atoms with E-state index in [1.54, 1.807) is 53.6 Å². The molecule has 5 rings (SSSR count). The monoisotopic (exact) mass is 414 g/mol. The summed E-state index contributed by atoms with van der Waals surface area (Å²) in [5, 5.41) is 9.70. The van der Waals surface area contributed by atoms with Crippen molar-refractivity contribution in [1.82, 2.24) is 19.5 Å². The lowest BCUT2D eigenvalue weighted by atomic mass is 10.1. The molecule has 0 bridgehead atoms.